The molecule has 1 aliphatic rings. The average molecular weight is 650 g/mol. The van der Waals surface area contributed by atoms with Crippen LogP contribution in [0.1, 0.15) is 127 Å². The van der Waals surface area contributed by atoms with E-state index in [0.717, 1.165) is 61.3 Å². The van der Waals surface area contributed by atoms with Crippen LogP contribution in [-0.2, 0) is 33.1 Å². The zero-order valence-corrected chi connectivity index (χ0v) is 29.9. The Balaban J connectivity index is 1.72. The number of carbonyl (C=O) groups excluding carboxylic acids is 1. The zero-order chi connectivity index (χ0) is 34.7. The monoisotopic (exact) mass is 649 g/mol. The van der Waals surface area contributed by atoms with Crippen LogP contribution < -0.4 is 0 Å². The number of esters is 1. The highest BCUT2D eigenvalue weighted by atomic mass is 19.4. The molecular formula is C41H54F3NO2. The first-order chi connectivity index (χ1) is 21.8. The van der Waals surface area contributed by atoms with E-state index < -0.39 is 17.7 Å². The summed E-state index contributed by atoms with van der Waals surface area (Å²) in [5.41, 5.74) is 6.95. The highest BCUT2D eigenvalue weighted by molar-refractivity contribution is 5.79. The lowest BCUT2D eigenvalue weighted by Crippen LogP contribution is -2.34. The van der Waals surface area contributed by atoms with Crippen LogP contribution in [0.3, 0.4) is 0 Å². The Morgan fingerprint density at radius 1 is 0.851 bits per heavy atom. The minimum absolute atomic E-state index is 0.0427. The topological polar surface area (TPSA) is 29.5 Å². The lowest BCUT2D eigenvalue weighted by molar-refractivity contribution is -0.145. The third-order valence-electron chi connectivity index (χ3n) is 9.31. The number of hydrogen-bond donors (Lipinski definition) is 0. The minimum atomic E-state index is -4.40. The van der Waals surface area contributed by atoms with E-state index in [1.165, 1.54) is 28.8 Å². The molecule has 3 aromatic carbocycles. The fourth-order valence-corrected chi connectivity index (χ4v) is 6.59. The molecule has 3 aromatic rings. The summed E-state index contributed by atoms with van der Waals surface area (Å²) in [6.07, 6.45) is -1.71. The van der Waals surface area contributed by atoms with Crippen molar-refractivity contribution in [2.45, 2.75) is 117 Å². The number of ether oxygens (including phenoxy) is 1. The lowest BCUT2D eigenvalue weighted by Gasteiger charge is -2.34. The maximum absolute atomic E-state index is 13.4. The van der Waals surface area contributed by atoms with Crippen molar-refractivity contribution in [1.29, 1.82) is 0 Å². The van der Waals surface area contributed by atoms with Crippen molar-refractivity contribution in [3.05, 3.63) is 94.0 Å². The molecule has 47 heavy (non-hydrogen) atoms. The molecule has 1 fully saturated rings. The Hall–Kier alpha value is -3.12. The van der Waals surface area contributed by atoms with E-state index in [1.54, 1.807) is 0 Å². The number of nitrogens with zero attached hydrogens (tertiary/aromatic N) is 1. The van der Waals surface area contributed by atoms with E-state index >= 15 is 0 Å². The van der Waals surface area contributed by atoms with Crippen molar-refractivity contribution in [2.24, 2.45) is 5.92 Å². The van der Waals surface area contributed by atoms with Crippen LogP contribution in [0.5, 0.6) is 0 Å². The van der Waals surface area contributed by atoms with Crippen molar-refractivity contribution in [2.75, 3.05) is 19.7 Å². The van der Waals surface area contributed by atoms with Crippen LogP contribution in [0.2, 0.25) is 0 Å². The van der Waals surface area contributed by atoms with Gasteiger partial charge in [-0.3, -0.25) is 9.69 Å². The number of halogens is 3. The van der Waals surface area contributed by atoms with Gasteiger partial charge in [-0.2, -0.15) is 13.2 Å². The second-order valence-electron chi connectivity index (χ2n) is 15.9. The molecule has 2 atom stereocenters. The fraction of sp³-hybridized carbons (Fsp3) is 0.537. The largest absolute Gasteiger partial charge is 0.466 e. The summed E-state index contributed by atoms with van der Waals surface area (Å²) >= 11 is 0. The summed E-state index contributed by atoms with van der Waals surface area (Å²) in [5, 5.41) is 0. The van der Waals surface area contributed by atoms with Gasteiger partial charge >= 0.3 is 12.1 Å². The molecule has 0 saturated carbocycles. The molecule has 6 heteroatoms. The Kier molecular flexibility index (Phi) is 11.4. The molecule has 1 saturated heterocycles. The van der Waals surface area contributed by atoms with Crippen molar-refractivity contribution in [3.63, 3.8) is 0 Å². The summed E-state index contributed by atoms with van der Waals surface area (Å²) in [6.45, 7) is 22.6. The molecule has 3 nitrogen and oxygen atoms in total. The van der Waals surface area contributed by atoms with E-state index in [0.29, 0.717) is 18.6 Å². The average Bonchev–Trinajstić information content (AvgIpc) is 2.98. The summed E-state index contributed by atoms with van der Waals surface area (Å²) in [4.78, 5) is 15.8. The molecule has 1 heterocycles. The van der Waals surface area contributed by atoms with Gasteiger partial charge in [0.05, 0.1) is 18.1 Å². The Labute approximate surface area is 280 Å². The first-order valence-corrected chi connectivity index (χ1v) is 17.2. The molecule has 0 aromatic heterocycles. The zero-order valence-electron chi connectivity index (χ0n) is 29.9. The highest BCUT2D eigenvalue weighted by Gasteiger charge is 2.31. The molecule has 0 radical (unpaired) electrons. The second kappa shape index (κ2) is 14.6. The molecule has 4 rings (SSSR count). The predicted molar refractivity (Wildman–Crippen MR) is 187 cm³/mol. The summed E-state index contributed by atoms with van der Waals surface area (Å²) < 4.78 is 45.7. The van der Waals surface area contributed by atoms with Crippen LogP contribution in [0.25, 0.3) is 11.1 Å². The van der Waals surface area contributed by atoms with Gasteiger partial charge in [-0.25, -0.2) is 0 Å². The fourth-order valence-electron chi connectivity index (χ4n) is 6.59. The van der Waals surface area contributed by atoms with Gasteiger partial charge in [-0.05, 0) is 106 Å². The molecule has 0 bridgehead atoms. The van der Waals surface area contributed by atoms with Gasteiger partial charge in [0.1, 0.15) is 0 Å². The summed E-state index contributed by atoms with van der Waals surface area (Å²) in [5.74, 6) is -0.213. The van der Waals surface area contributed by atoms with E-state index in [-0.39, 0.29) is 28.6 Å². The number of alkyl halides is 3. The highest BCUT2D eigenvalue weighted by Crippen LogP contribution is 2.38. The normalized spacial score (nSPS) is 17.2. The van der Waals surface area contributed by atoms with Gasteiger partial charge < -0.3 is 4.74 Å². The van der Waals surface area contributed by atoms with Crippen LogP contribution in [0.15, 0.2) is 60.7 Å². The van der Waals surface area contributed by atoms with Gasteiger partial charge in [-0.1, -0.05) is 104 Å². The predicted octanol–water partition coefficient (Wildman–Crippen LogP) is 11.0. The number of hydrogen-bond acceptors (Lipinski definition) is 3. The van der Waals surface area contributed by atoms with E-state index in [1.807, 2.05) is 13.0 Å². The first-order valence-electron chi connectivity index (χ1n) is 17.2. The maximum Gasteiger partial charge on any atom is 0.416 e. The Morgan fingerprint density at radius 2 is 1.47 bits per heavy atom. The van der Waals surface area contributed by atoms with E-state index in [4.69, 9.17) is 4.74 Å². The summed E-state index contributed by atoms with van der Waals surface area (Å²) in [6, 6.07) is 18.7. The number of carbonyl (C=O) groups is 1. The molecule has 0 N–H and O–H groups in total. The third kappa shape index (κ3) is 9.72. The minimum Gasteiger partial charge on any atom is -0.466 e. The summed E-state index contributed by atoms with van der Waals surface area (Å²) in [7, 11) is 0. The van der Waals surface area contributed by atoms with Crippen LogP contribution >= 0.6 is 0 Å². The second-order valence-corrected chi connectivity index (χ2v) is 15.9. The Bertz CT molecular complexity index is 1480. The number of likely N-dealkylation sites (tertiary alicyclic amines) is 1. The van der Waals surface area contributed by atoms with Gasteiger partial charge in [0.2, 0.25) is 0 Å². The molecule has 256 valence electrons. The standard InChI is InChI=1S/C41H54F3NO2/c1-10-47-38(46)37(18-27(2)3)33-22-31(29-13-15-34(16-14-29)41(42,43)44)21-32(23-33)30-12-11-17-45(26-30)25-28-19-35(39(4,5)6)24-36(20-28)40(7,8)9/h13-16,19-24,27,30,37H,10-12,17-18,25-26H2,1-9H3. The van der Waals surface area contributed by atoms with Crippen molar-refractivity contribution in [3.8, 4) is 11.1 Å². The van der Waals surface area contributed by atoms with E-state index in [2.05, 4.69) is 90.6 Å². The van der Waals surface area contributed by atoms with Crippen LogP contribution in [0, 0.1) is 5.92 Å². The number of piperidine rings is 1. The SMILES string of the molecule is CCOC(=O)C(CC(C)C)c1cc(-c2ccc(C(F)(F)F)cc2)cc(C2CCCN(Cc3cc(C(C)(C)C)cc(C(C)(C)C)c3)C2)c1. The van der Waals surface area contributed by atoms with Crippen molar-refractivity contribution in [1.82, 2.24) is 4.90 Å². The molecule has 2 unspecified atom stereocenters. The van der Waals surface area contributed by atoms with Gasteiger partial charge in [0, 0.05) is 13.1 Å². The van der Waals surface area contributed by atoms with Gasteiger partial charge in [-0.15, -0.1) is 0 Å². The van der Waals surface area contributed by atoms with Crippen molar-refractivity contribution < 1.29 is 22.7 Å². The molecule has 0 aliphatic carbocycles. The number of benzene rings is 3. The smallest absolute Gasteiger partial charge is 0.416 e. The van der Waals surface area contributed by atoms with E-state index in [9.17, 15) is 18.0 Å². The Morgan fingerprint density at radius 3 is 2.00 bits per heavy atom. The maximum atomic E-state index is 13.4. The molecular weight excluding hydrogens is 595 g/mol. The van der Waals surface area contributed by atoms with Gasteiger partial charge in [0.25, 0.3) is 0 Å². The third-order valence-corrected chi connectivity index (χ3v) is 9.31. The number of rotatable bonds is 9. The van der Waals surface area contributed by atoms with Crippen molar-refractivity contribution >= 4 is 5.97 Å². The van der Waals surface area contributed by atoms with Crippen LogP contribution in [-0.4, -0.2) is 30.6 Å². The lowest BCUT2D eigenvalue weighted by atomic mass is 9.79. The van der Waals surface area contributed by atoms with Gasteiger partial charge in [0.15, 0.2) is 0 Å². The quantitative estimate of drug-likeness (QED) is 0.216. The van der Waals surface area contributed by atoms with Crippen LogP contribution in [0.4, 0.5) is 13.2 Å². The molecule has 0 amide bonds. The first kappa shape index (κ1) is 36.7. The molecule has 1 aliphatic heterocycles. The molecule has 0 spiro atoms.